The minimum absolute atomic E-state index is 0.00442. The smallest absolute Gasteiger partial charge is 0.421 e. The number of para-hydroxylation sites is 1. The van der Waals surface area contributed by atoms with Gasteiger partial charge in [-0.05, 0) is 87.0 Å². The quantitative estimate of drug-likeness (QED) is 0.169. The largest absolute Gasteiger partial charge is 0.494 e. The number of carbonyl (C=O) groups excluding carboxylic acids is 3. The van der Waals surface area contributed by atoms with Gasteiger partial charge >= 0.3 is 6.18 Å². The monoisotopic (exact) mass is 734 g/mol. The molecule has 282 valence electrons. The van der Waals surface area contributed by atoms with Crippen LogP contribution in [0, 0.1) is 30.1 Å². The summed E-state index contributed by atoms with van der Waals surface area (Å²) in [7, 11) is 2.89. The molecule has 0 radical (unpaired) electrons. The van der Waals surface area contributed by atoms with Crippen LogP contribution in [0.15, 0.2) is 42.6 Å². The second-order valence-electron chi connectivity index (χ2n) is 15.1. The highest BCUT2D eigenvalue weighted by molar-refractivity contribution is 6.01. The van der Waals surface area contributed by atoms with Crippen molar-refractivity contribution in [2.24, 2.45) is 23.2 Å². The number of rotatable bonds is 10. The van der Waals surface area contributed by atoms with Gasteiger partial charge in [0.25, 0.3) is 5.91 Å². The SMILES string of the molecule is CNC(=O)c1cccc(C)c1Nc1nc(Nc2ccc(NC(=O)[C@]34CC5CC(C3)[C@H](N3CC[C@H](NC(C)=O)C3)C(C5)C4)cc2OC)ncc1C(F)(F)F. The number of amides is 3. The number of benzene rings is 2. The van der Waals surface area contributed by atoms with E-state index in [-0.39, 0.29) is 35.1 Å². The summed E-state index contributed by atoms with van der Waals surface area (Å²) in [6.07, 6.45) is 1.66. The molecule has 2 aromatic carbocycles. The first-order chi connectivity index (χ1) is 25.3. The van der Waals surface area contributed by atoms with Gasteiger partial charge in [-0.15, -0.1) is 0 Å². The molecule has 8 rings (SSSR count). The van der Waals surface area contributed by atoms with Crippen molar-refractivity contribution >= 4 is 46.5 Å². The van der Waals surface area contributed by atoms with Gasteiger partial charge in [-0.2, -0.15) is 18.2 Å². The van der Waals surface area contributed by atoms with Crippen LogP contribution in [0.4, 0.5) is 42.0 Å². The number of hydrogen-bond donors (Lipinski definition) is 5. The van der Waals surface area contributed by atoms with Gasteiger partial charge in [0.15, 0.2) is 0 Å². The molecule has 4 aliphatic carbocycles. The number of hydrogen-bond acceptors (Lipinski definition) is 9. The van der Waals surface area contributed by atoms with Gasteiger partial charge in [0.2, 0.25) is 17.8 Å². The lowest BCUT2D eigenvalue weighted by Gasteiger charge is -2.61. The van der Waals surface area contributed by atoms with Crippen molar-refractivity contribution in [1.29, 1.82) is 0 Å². The average molecular weight is 735 g/mol. The maximum absolute atomic E-state index is 14.1. The van der Waals surface area contributed by atoms with Crippen molar-refractivity contribution in [3.63, 3.8) is 0 Å². The van der Waals surface area contributed by atoms with Gasteiger partial charge in [0, 0.05) is 57.1 Å². The summed E-state index contributed by atoms with van der Waals surface area (Å²) >= 11 is 0. The molecule has 2 unspecified atom stereocenters. The maximum Gasteiger partial charge on any atom is 0.421 e. The van der Waals surface area contributed by atoms with E-state index in [0.717, 1.165) is 51.6 Å². The van der Waals surface area contributed by atoms with Crippen LogP contribution >= 0.6 is 0 Å². The lowest BCUT2D eigenvalue weighted by molar-refractivity contribution is -0.150. The fourth-order valence-electron chi connectivity index (χ4n) is 9.61. The van der Waals surface area contributed by atoms with Gasteiger partial charge in [0.1, 0.15) is 17.1 Å². The second kappa shape index (κ2) is 14.1. The number of nitrogens with one attached hydrogen (secondary N) is 5. The van der Waals surface area contributed by atoms with Crippen molar-refractivity contribution in [1.82, 2.24) is 25.5 Å². The molecule has 5 aliphatic rings. The van der Waals surface area contributed by atoms with Gasteiger partial charge in [-0.3, -0.25) is 19.3 Å². The van der Waals surface area contributed by atoms with Crippen molar-refractivity contribution in [3.8, 4) is 5.75 Å². The van der Waals surface area contributed by atoms with Crippen LogP contribution in [-0.2, 0) is 15.8 Å². The molecule has 5 N–H and O–H groups in total. The van der Waals surface area contributed by atoms with Gasteiger partial charge in [-0.25, -0.2) is 4.98 Å². The molecule has 15 heteroatoms. The van der Waals surface area contributed by atoms with Crippen LogP contribution in [0.5, 0.6) is 5.75 Å². The van der Waals surface area contributed by atoms with Crippen LogP contribution < -0.4 is 31.3 Å². The summed E-state index contributed by atoms with van der Waals surface area (Å²) < 4.78 is 47.9. The molecular formula is C38H45F3N8O4. The summed E-state index contributed by atoms with van der Waals surface area (Å²) in [6.45, 7) is 5.07. The highest BCUT2D eigenvalue weighted by Gasteiger charge is 2.59. The average Bonchev–Trinajstić information content (AvgIpc) is 3.55. The zero-order valence-corrected chi connectivity index (χ0v) is 30.2. The Morgan fingerprint density at radius 2 is 1.79 bits per heavy atom. The Kier molecular flexibility index (Phi) is 9.72. The first kappa shape index (κ1) is 36.4. The Labute approximate surface area is 306 Å². The lowest BCUT2D eigenvalue weighted by atomic mass is 9.47. The number of carbonyl (C=O) groups is 3. The predicted octanol–water partition coefficient (Wildman–Crippen LogP) is 6.00. The summed E-state index contributed by atoms with van der Waals surface area (Å²) in [6, 6.07) is 10.5. The third kappa shape index (κ3) is 7.22. The second-order valence-corrected chi connectivity index (χ2v) is 15.1. The van der Waals surface area contributed by atoms with Crippen LogP contribution in [0.25, 0.3) is 0 Å². The Morgan fingerprint density at radius 3 is 2.47 bits per heavy atom. The van der Waals surface area contributed by atoms with Crippen molar-refractivity contribution in [2.75, 3.05) is 43.2 Å². The topological polar surface area (TPSA) is 150 Å². The fourth-order valence-corrected chi connectivity index (χ4v) is 9.61. The first-order valence-electron chi connectivity index (χ1n) is 18.1. The van der Waals surface area contributed by atoms with E-state index in [2.05, 4.69) is 41.5 Å². The maximum atomic E-state index is 14.1. The highest BCUT2D eigenvalue weighted by Crippen LogP contribution is 2.61. The summed E-state index contributed by atoms with van der Waals surface area (Å²) in [5.74, 6) is 0.587. The molecule has 3 aromatic rings. The van der Waals surface area contributed by atoms with Crippen molar-refractivity contribution in [2.45, 2.75) is 70.6 Å². The van der Waals surface area contributed by atoms with Crippen LogP contribution in [0.2, 0.25) is 0 Å². The zero-order chi connectivity index (χ0) is 37.7. The van der Waals surface area contributed by atoms with Crippen LogP contribution in [0.3, 0.4) is 0 Å². The van der Waals surface area contributed by atoms with E-state index >= 15 is 0 Å². The van der Waals surface area contributed by atoms with E-state index in [4.69, 9.17) is 4.74 Å². The molecule has 3 atom stereocenters. The Bertz CT molecular complexity index is 1910. The van der Waals surface area contributed by atoms with E-state index in [9.17, 15) is 27.6 Å². The molecule has 1 aliphatic heterocycles. The van der Waals surface area contributed by atoms with E-state index in [0.29, 0.717) is 52.7 Å². The standard InChI is InChI=1S/C38H45F3N8O4/c1-20-6-5-7-27(34(51)42-3)31(20)47-33-28(38(39,40)41)18-43-36(48-33)46-29-9-8-25(14-30(29)53-4)45-35(52)37-15-22-12-23(16-37)32(24(13-22)17-37)49-11-10-26(19-49)44-21(2)50/h5-9,14,18,22-24,26,32H,10-13,15-17,19H2,1-4H3,(H,42,51)(H,44,50)(H,45,52)(H2,43,46,47,48)/t22?,23?,24?,26-,32-,37+/m0/s1. The number of methoxy groups -OCH3 is 1. The molecule has 4 bridgehead atoms. The number of aromatic nitrogens is 2. The molecule has 3 amide bonds. The number of aryl methyl sites for hydroxylation is 1. The van der Waals surface area contributed by atoms with Gasteiger partial charge < -0.3 is 31.3 Å². The lowest BCUT2D eigenvalue weighted by Crippen LogP contribution is -2.61. The molecule has 12 nitrogen and oxygen atoms in total. The first-order valence-corrected chi connectivity index (χ1v) is 18.1. The summed E-state index contributed by atoms with van der Waals surface area (Å²) in [4.78, 5) is 48.9. The summed E-state index contributed by atoms with van der Waals surface area (Å²) in [5, 5.41) is 14.4. The minimum atomic E-state index is -4.78. The van der Waals surface area contributed by atoms with Crippen molar-refractivity contribution in [3.05, 3.63) is 59.3 Å². The van der Waals surface area contributed by atoms with E-state index in [1.54, 1.807) is 44.2 Å². The molecule has 1 aromatic heterocycles. The molecule has 2 heterocycles. The normalized spacial score (nSPS) is 26.2. The number of alkyl halides is 3. The Hall–Kier alpha value is -4.92. The molecule has 1 saturated heterocycles. The number of anilines is 5. The Morgan fingerprint density at radius 1 is 1.04 bits per heavy atom. The van der Waals surface area contributed by atoms with Crippen LogP contribution in [0.1, 0.15) is 66.9 Å². The number of nitrogens with zero attached hydrogens (tertiary/aromatic N) is 3. The van der Waals surface area contributed by atoms with Gasteiger partial charge in [0.05, 0.1) is 29.5 Å². The van der Waals surface area contributed by atoms with E-state index < -0.39 is 28.9 Å². The highest BCUT2D eigenvalue weighted by atomic mass is 19.4. The third-order valence-electron chi connectivity index (χ3n) is 11.5. The molecular weight excluding hydrogens is 689 g/mol. The molecule has 53 heavy (non-hydrogen) atoms. The van der Waals surface area contributed by atoms with E-state index in [1.807, 2.05) is 0 Å². The van der Waals surface area contributed by atoms with E-state index in [1.165, 1.54) is 20.2 Å². The number of likely N-dealkylation sites (tertiary alicyclic amines) is 1. The van der Waals surface area contributed by atoms with Crippen LogP contribution in [-0.4, -0.2) is 71.9 Å². The minimum Gasteiger partial charge on any atom is -0.494 e. The Balaban J connectivity index is 1.07. The molecule has 0 spiro atoms. The van der Waals surface area contributed by atoms with Gasteiger partial charge in [-0.1, -0.05) is 12.1 Å². The molecule has 4 saturated carbocycles. The third-order valence-corrected chi connectivity index (χ3v) is 11.5. The predicted molar refractivity (Wildman–Crippen MR) is 193 cm³/mol. The number of ether oxygens (including phenoxy) is 1. The molecule has 5 fully saturated rings. The number of halogens is 3. The van der Waals surface area contributed by atoms with Crippen molar-refractivity contribution < 1.29 is 32.3 Å². The zero-order valence-electron chi connectivity index (χ0n) is 30.2. The summed E-state index contributed by atoms with van der Waals surface area (Å²) in [5.41, 5.74) is 0.248. The fraction of sp³-hybridized carbons (Fsp3) is 0.500.